The second kappa shape index (κ2) is 5.92. The summed E-state index contributed by atoms with van der Waals surface area (Å²) < 4.78 is 0. The van der Waals surface area contributed by atoms with Crippen LogP contribution in [-0.2, 0) is 0 Å². The predicted octanol–water partition coefficient (Wildman–Crippen LogP) is 3.17. The normalized spacial score (nSPS) is 34.3. The van der Waals surface area contributed by atoms with Crippen LogP contribution in [0.5, 0.6) is 0 Å². The molecule has 18 heavy (non-hydrogen) atoms. The van der Waals surface area contributed by atoms with Crippen LogP contribution < -0.4 is 5.32 Å². The molecule has 2 atom stereocenters. The molecule has 2 unspecified atom stereocenters. The van der Waals surface area contributed by atoms with Crippen LogP contribution >= 0.6 is 0 Å². The van der Waals surface area contributed by atoms with Crippen LogP contribution in [0.25, 0.3) is 0 Å². The van der Waals surface area contributed by atoms with Gasteiger partial charge in [-0.25, -0.2) is 0 Å². The van der Waals surface area contributed by atoms with Crippen LogP contribution in [0.1, 0.15) is 64.2 Å². The zero-order chi connectivity index (χ0) is 12.4. The highest BCUT2D eigenvalue weighted by Gasteiger charge is 2.39. The first kappa shape index (κ1) is 12.9. The first-order chi connectivity index (χ1) is 8.88. The molecule has 2 nitrogen and oxygen atoms in total. The Bertz CT molecular complexity index is 258. The minimum Gasteiger partial charge on any atom is -0.315 e. The number of hydrogen-bond donors (Lipinski definition) is 1. The summed E-state index contributed by atoms with van der Waals surface area (Å²) in [4.78, 5) is 2.92. The molecule has 0 aromatic carbocycles. The number of hydrogen-bond acceptors (Lipinski definition) is 2. The predicted molar refractivity (Wildman–Crippen MR) is 76.8 cm³/mol. The molecule has 0 amide bonds. The molecule has 3 saturated carbocycles. The summed E-state index contributed by atoms with van der Waals surface area (Å²) in [5.74, 6) is 1.05. The Morgan fingerprint density at radius 2 is 1.61 bits per heavy atom. The van der Waals surface area contributed by atoms with E-state index in [1.54, 1.807) is 0 Å². The van der Waals surface area contributed by atoms with Gasteiger partial charge in [0.25, 0.3) is 0 Å². The number of likely N-dealkylation sites (N-methyl/N-ethyl adjacent to an activating group) is 1. The van der Waals surface area contributed by atoms with E-state index >= 15 is 0 Å². The maximum Gasteiger partial charge on any atom is 0.0252 e. The third-order valence-electron chi connectivity index (χ3n) is 5.21. The van der Waals surface area contributed by atoms with E-state index in [2.05, 4.69) is 17.3 Å². The fourth-order valence-electron chi connectivity index (χ4n) is 3.76. The van der Waals surface area contributed by atoms with Crippen LogP contribution in [0.15, 0.2) is 0 Å². The Labute approximate surface area is 113 Å². The summed E-state index contributed by atoms with van der Waals surface area (Å²) in [6, 6.07) is 2.54. The second-order valence-electron chi connectivity index (χ2n) is 6.83. The molecule has 0 heterocycles. The molecule has 0 aliphatic heterocycles. The lowest BCUT2D eigenvalue weighted by Gasteiger charge is -2.39. The lowest BCUT2D eigenvalue weighted by molar-refractivity contribution is 0.122. The third-order valence-corrected chi connectivity index (χ3v) is 5.21. The average Bonchev–Trinajstić information content (AvgIpc) is 3.21. The molecule has 3 aliphatic carbocycles. The molecule has 0 spiro atoms. The molecule has 104 valence electrons. The van der Waals surface area contributed by atoms with Gasteiger partial charge in [0.15, 0.2) is 0 Å². The molecule has 2 heteroatoms. The number of rotatable bonds is 5. The van der Waals surface area contributed by atoms with Gasteiger partial charge in [-0.1, -0.05) is 25.7 Å². The Kier molecular flexibility index (Phi) is 4.25. The molecule has 1 N–H and O–H groups in total. The maximum absolute atomic E-state index is 3.64. The molecular weight excluding hydrogens is 220 g/mol. The molecular formula is C16H30N2. The van der Waals surface area contributed by atoms with Crippen molar-refractivity contribution in [1.29, 1.82) is 0 Å². The smallest absolute Gasteiger partial charge is 0.0252 e. The van der Waals surface area contributed by atoms with E-state index in [1.807, 2.05) is 0 Å². The number of nitrogens with one attached hydrogen (secondary N) is 1. The fourth-order valence-corrected chi connectivity index (χ4v) is 3.76. The zero-order valence-corrected chi connectivity index (χ0v) is 12.0. The first-order valence-corrected chi connectivity index (χ1v) is 8.31. The van der Waals surface area contributed by atoms with Gasteiger partial charge in [0.1, 0.15) is 0 Å². The van der Waals surface area contributed by atoms with Crippen molar-refractivity contribution in [2.24, 2.45) is 5.92 Å². The van der Waals surface area contributed by atoms with Crippen molar-refractivity contribution >= 4 is 0 Å². The van der Waals surface area contributed by atoms with E-state index in [0.717, 1.165) is 24.0 Å². The monoisotopic (exact) mass is 250 g/mol. The SMILES string of the molecule is CNC1CCCCCCC1N(CC1CC1)C1CC1. The summed E-state index contributed by atoms with van der Waals surface area (Å²) in [5.41, 5.74) is 0. The van der Waals surface area contributed by atoms with Gasteiger partial charge in [-0.05, 0) is 51.5 Å². The molecule has 0 aromatic heterocycles. The minimum atomic E-state index is 0.754. The van der Waals surface area contributed by atoms with E-state index in [9.17, 15) is 0 Å². The lowest BCUT2D eigenvalue weighted by atomic mass is 9.91. The van der Waals surface area contributed by atoms with Crippen LogP contribution in [0.3, 0.4) is 0 Å². The van der Waals surface area contributed by atoms with E-state index < -0.39 is 0 Å². The quantitative estimate of drug-likeness (QED) is 0.806. The molecule has 3 rings (SSSR count). The topological polar surface area (TPSA) is 15.3 Å². The van der Waals surface area contributed by atoms with Gasteiger partial charge in [-0.2, -0.15) is 0 Å². The Morgan fingerprint density at radius 1 is 0.889 bits per heavy atom. The van der Waals surface area contributed by atoms with E-state index in [0.29, 0.717) is 0 Å². The number of nitrogens with zero attached hydrogens (tertiary/aromatic N) is 1. The zero-order valence-electron chi connectivity index (χ0n) is 12.0. The standard InChI is InChI=1S/C16H30N2/c1-17-15-6-4-2-3-5-7-16(15)18(14-10-11-14)12-13-8-9-13/h13-17H,2-12H2,1H3. The van der Waals surface area contributed by atoms with Crippen molar-refractivity contribution < 1.29 is 0 Å². The molecule has 3 fully saturated rings. The van der Waals surface area contributed by atoms with Gasteiger partial charge in [-0.15, -0.1) is 0 Å². The molecule has 0 aromatic rings. The van der Waals surface area contributed by atoms with Crippen molar-refractivity contribution in [1.82, 2.24) is 10.2 Å². The van der Waals surface area contributed by atoms with E-state index in [1.165, 1.54) is 70.8 Å². The fraction of sp³-hybridized carbons (Fsp3) is 1.00. The van der Waals surface area contributed by atoms with Crippen molar-refractivity contribution in [3.8, 4) is 0 Å². The summed E-state index contributed by atoms with van der Waals surface area (Å²) in [5, 5.41) is 3.64. The largest absolute Gasteiger partial charge is 0.315 e. The van der Waals surface area contributed by atoms with Gasteiger partial charge in [0, 0.05) is 24.7 Å². The van der Waals surface area contributed by atoms with Gasteiger partial charge in [0.2, 0.25) is 0 Å². The summed E-state index contributed by atoms with van der Waals surface area (Å²) in [6.45, 7) is 1.41. The van der Waals surface area contributed by atoms with Gasteiger partial charge < -0.3 is 5.32 Å². The highest BCUT2D eigenvalue weighted by Crippen LogP contribution is 2.38. The van der Waals surface area contributed by atoms with Gasteiger partial charge >= 0.3 is 0 Å². The van der Waals surface area contributed by atoms with Crippen LogP contribution in [0.2, 0.25) is 0 Å². The highest BCUT2D eigenvalue weighted by molar-refractivity contribution is 4.96. The third kappa shape index (κ3) is 3.27. The van der Waals surface area contributed by atoms with Crippen molar-refractivity contribution in [3.63, 3.8) is 0 Å². The Morgan fingerprint density at radius 3 is 2.22 bits per heavy atom. The molecule has 0 saturated heterocycles. The highest BCUT2D eigenvalue weighted by atomic mass is 15.2. The van der Waals surface area contributed by atoms with Crippen LogP contribution in [0.4, 0.5) is 0 Å². The van der Waals surface area contributed by atoms with Crippen LogP contribution in [0, 0.1) is 5.92 Å². The minimum absolute atomic E-state index is 0.754. The van der Waals surface area contributed by atoms with Gasteiger partial charge in [0.05, 0.1) is 0 Å². The van der Waals surface area contributed by atoms with Crippen molar-refractivity contribution in [2.75, 3.05) is 13.6 Å². The Hall–Kier alpha value is -0.0800. The van der Waals surface area contributed by atoms with E-state index in [4.69, 9.17) is 0 Å². The average molecular weight is 250 g/mol. The van der Waals surface area contributed by atoms with Crippen molar-refractivity contribution in [3.05, 3.63) is 0 Å². The molecule has 3 aliphatic rings. The lowest BCUT2D eigenvalue weighted by Crippen LogP contribution is -2.51. The van der Waals surface area contributed by atoms with Crippen LogP contribution in [-0.4, -0.2) is 36.6 Å². The second-order valence-corrected chi connectivity index (χ2v) is 6.83. The summed E-state index contributed by atoms with van der Waals surface area (Å²) >= 11 is 0. The van der Waals surface area contributed by atoms with E-state index in [-0.39, 0.29) is 0 Å². The molecule has 0 radical (unpaired) electrons. The summed E-state index contributed by atoms with van der Waals surface area (Å²) in [7, 11) is 2.18. The van der Waals surface area contributed by atoms with Crippen molar-refractivity contribution in [2.45, 2.75) is 82.3 Å². The molecule has 0 bridgehead atoms. The van der Waals surface area contributed by atoms with Gasteiger partial charge in [-0.3, -0.25) is 4.90 Å². The Balaban J connectivity index is 1.66. The maximum atomic E-state index is 3.64. The summed E-state index contributed by atoms with van der Waals surface area (Å²) in [6.07, 6.45) is 14.6. The first-order valence-electron chi connectivity index (χ1n) is 8.31.